The number of thiophene rings is 1. The molecule has 2 aliphatic rings. The summed E-state index contributed by atoms with van der Waals surface area (Å²) in [6, 6.07) is 9.77. The van der Waals surface area contributed by atoms with Crippen molar-refractivity contribution < 1.29 is 14.3 Å². The van der Waals surface area contributed by atoms with Gasteiger partial charge in [-0.2, -0.15) is 0 Å². The maximum Gasteiger partial charge on any atom is 0.341 e. The quantitative estimate of drug-likeness (QED) is 0.531. The highest BCUT2D eigenvalue weighted by atomic mass is 32.1. The third-order valence-electron chi connectivity index (χ3n) is 6.63. The second kappa shape index (κ2) is 10.6. The zero-order valence-electron chi connectivity index (χ0n) is 19.1. The van der Waals surface area contributed by atoms with Crippen LogP contribution in [0.15, 0.2) is 30.3 Å². The fourth-order valence-electron chi connectivity index (χ4n) is 4.92. The van der Waals surface area contributed by atoms with Crippen LogP contribution < -0.4 is 10.6 Å². The van der Waals surface area contributed by atoms with E-state index < -0.39 is 6.04 Å². The van der Waals surface area contributed by atoms with E-state index in [0.29, 0.717) is 29.1 Å². The van der Waals surface area contributed by atoms with E-state index in [-0.39, 0.29) is 11.9 Å². The molecule has 0 unspecified atom stereocenters. The van der Waals surface area contributed by atoms with E-state index in [2.05, 4.69) is 17.6 Å². The zero-order chi connectivity index (χ0) is 22.5. The van der Waals surface area contributed by atoms with Gasteiger partial charge in [-0.25, -0.2) is 4.79 Å². The van der Waals surface area contributed by atoms with E-state index in [0.717, 1.165) is 43.2 Å². The van der Waals surface area contributed by atoms with Crippen molar-refractivity contribution in [2.45, 2.75) is 77.3 Å². The molecular weight excluding hydrogens is 420 g/mol. The third kappa shape index (κ3) is 5.24. The molecule has 0 bridgehead atoms. The molecule has 1 amide bonds. The van der Waals surface area contributed by atoms with Crippen molar-refractivity contribution in [3.8, 4) is 0 Å². The van der Waals surface area contributed by atoms with E-state index in [1.807, 2.05) is 37.3 Å². The minimum Gasteiger partial charge on any atom is -0.462 e. The largest absolute Gasteiger partial charge is 0.462 e. The minimum atomic E-state index is -0.451. The van der Waals surface area contributed by atoms with Crippen molar-refractivity contribution in [1.82, 2.24) is 5.32 Å². The van der Waals surface area contributed by atoms with E-state index in [4.69, 9.17) is 4.74 Å². The van der Waals surface area contributed by atoms with Crippen molar-refractivity contribution in [2.24, 2.45) is 5.92 Å². The van der Waals surface area contributed by atoms with E-state index >= 15 is 0 Å². The molecule has 2 atom stereocenters. The smallest absolute Gasteiger partial charge is 0.341 e. The average Bonchev–Trinajstić information content (AvgIpc) is 3.15. The maximum atomic E-state index is 13.6. The number of fused-ring (bicyclic) bond motifs is 1. The first-order chi connectivity index (χ1) is 15.6. The minimum absolute atomic E-state index is 0.112. The Balaban J connectivity index is 1.61. The summed E-state index contributed by atoms with van der Waals surface area (Å²) in [5.41, 5.74) is 2.58. The van der Waals surface area contributed by atoms with Crippen LogP contribution >= 0.6 is 11.3 Å². The standard InChI is InChI=1S/C26H34N2O3S/c1-3-31-26(30)22-20-15-14-17(2)16-21(20)32-25(22)28-24(29)23(18-10-6-4-7-11-18)27-19-12-8-5-9-13-19/h4,6-7,10-11,17,19,23,27H,3,5,8-9,12-16H2,1-2H3,(H,28,29)/t17-,23+/m1/s1. The van der Waals surface area contributed by atoms with Crippen LogP contribution in [0.5, 0.6) is 0 Å². The van der Waals surface area contributed by atoms with E-state index in [9.17, 15) is 9.59 Å². The first-order valence-electron chi connectivity index (χ1n) is 12.0. The Bertz CT molecular complexity index is 934. The molecule has 2 aromatic rings. The van der Waals surface area contributed by atoms with Gasteiger partial charge in [0.25, 0.3) is 0 Å². The summed E-state index contributed by atoms with van der Waals surface area (Å²) < 4.78 is 5.37. The van der Waals surface area contributed by atoms with Crippen molar-refractivity contribution in [3.05, 3.63) is 51.9 Å². The SMILES string of the molecule is CCOC(=O)c1c(NC(=O)[C@@H](NC2CCCCC2)c2ccccc2)sc2c1CC[C@@H](C)C2. The van der Waals surface area contributed by atoms with Crippen LogP contribution in [0.1, 0.15) is 84.8 Å². The molecule has 0 aliphatic heterocycles. The van der Waals surface area contributed by atoms with Crippen LogP contribution in [-0.2, 0) is 22.4 Å². The molecule has 4 rings (SSSR count). The molecule has 32 heavy (non-hydrogen) atoms. The Labute approximate surface area is 194 Å². The Morgan fingerprint density at radius 3 is 2.59 bits per heavy atom. The molecule has 0 spiro atoms. The van der Waals surface area contributed by atoms with Gasteiger partial charge in [-0.05, 0) is 56.1 Å². The Morgan fingerprint density at radius 1 is 1.12 bits per heavy atom. The molecule has 1 aromatic heterocycles. The number of carbonyl (C=O) groups excluding carboxylic acids is 2. The number of carbonyl (C=O) groups is 2. The average molecular weight is 455 g/mol. The summed E-state index contributed by atoms with van der Waals surface area (Å²) in [5.74, 6) is 0.148. The first-order valence-corrected chi connectivity index (χ1v) is 12.8. The van der Waals surface area contributed by atoms with Gasteiger partial charge in [-0.1, -0.05) is 56.5 Å². The van der Waals surface area contributed by atoms with Gasteiger partial charge >= 0.3 is 5.97 Å². The summed E-state index contributed by atoms with van der Waals surface area (Å²) >= 11 is 1.55. The highest BCUT2D eigenvalue weighted by Gasteiger charge is 2.31. The number of nitrogens with one attached hydrogen (secondary N) is 2. The topological polar surface area (TPSA) is 67.4 Å². The highest BCUT2D eigenvalue weighted by molar-refractivity contribution is 7.17. The number of amides is 1. The fourth-order valence-corrected chi connectivity index (χ4v) is 6.32. The maximum absolute atomic E-state index is 13.6. The van der Waals surface area contributed by atoms with E-state index in [1.54, 1.807) is 11.3 Å². The summed E-state index contributed by atoms with van der Waals surface area (Å²) in [4.78, 5) is 27.6. The second-order valence-corrected chi connectivity index (χ2v) is 10.2. The van der Waals surface area contributed by atoms with Crippen molar-refractivity contribution in [2.75, 3.05) is 11.9 Å². The Morgan fingerprint density at radius 2 is 1.88 bits per heavy atom. The van der Waals surface area contributed by atoms with Crippen molar-refractivity contribution in [1.29, 1.82) is 0 Å². The lowest BCUT2D eigenvalue weighted by molar-refractivity contribution is -0.118. The van der Waals surface area contributed by atoms with Gasteiger partial charge in [0.2, 0.25) is 5.91 Å². The lowest BCUT2D eigenvalue weighted by atomic mass is 9.88. The molecule has 2 N–H and O–H groups in total. The van der Waals surface area contributed by atoms with Crippen LogP contribution in [0.3, 0.4) is 0 Å². The van der Waals surface area contributed by atoms with Gasteiger partial charge < -0.3 is 10.1 Å². The number of anilines is 1. The number of hydrogen-bond donors (Lipinski definition) is 2. The van der Waals surface area contributed by atoms with Crippen LogP contribution in [0, 0.1) is 5.92 Å². The van der Waals surface area contributed by atoms with Crippen LogP contribution in [-0.4, -0.2) is 24.5 Å². The van der Waals surface area contributed by atoms with Crippen molar-refractivity contribution in [3.63, 3.8) is 0 Å². The molecular formula is C26H34N2O3S. The molecule has 2 aliphatic carbocycles. The first kappa shape index (κ1) is 23.0. The molecule has 5 nitrogen and oxygen atoms in total. The second-order valence-electron chi connectivity index (χ2n) is 9.11. The van der Waals surface area contributed by atoms with Gasteiger partial charge in [-0.3, -0.25) is 10.1 Å². The van der Waals surface area contributed by atoms with Crippen LogP contribution in [0.4, 0.5) is 5.00 Å². The number of hydrogen-bond acceptors (Lipinski definition) is 5. The van der Waals surface area contributed by atoms with E-state index in [1.165, 1.54) is 24.1 Å². The molecule has 0 radical (unpaired) electrons. The molecule has 1 fully saturated rings. The van der Waals surface area contributed by atoms with Gasteiger partial charge in [0, 0.05) is 10.9 Å². The van der Waals surface area contributed by atoms with Crippen LogP contribution in [0.2, 0.25) is 0 Å². The lowest BCUT2D eigenvalue weighted by Crippen LogP contribution is -2.40. The monoisotopic (exact) mass is 454 g/mol. The third-order valence-corrected chi connectivity index (χ3v) is 7.80. The summed E-state index contributed by atoms with van der Waals surface area (Å²) in [5, 5.41) is 7.38. The summed E-state index contributed by atoms with van der Waals surface area (Å²) in [6.07, 6.45) is 8.71. The highest BCUT2D eigenvalue weighted by Crippen LogP contribution is 2.40. The van der Waals surface area contributed by atoms with Gasteiger partial charge in [0.05, 0.1) is 12.2 Å². The normalized spacial score (nSPS) is 19.8. The van der Waals surface area contributed by atoms with Gasteiger partial charge in [-0.15, -0.1) is 11.3 Å². The number of ether oxygens (including phenoxy) is 1. The predicted molar refractivity (Wildman–Crippen MR) is 129 cm³/mol. The summed E-state index contributed by atoms with van der Waals surface area (Å²) in [6.45, 7) is 4.38. The number of esters is 1. The molecule has 1 heterocycles. The Hall–Kier alpha value is -2.18. The zero-order valence-corrected chi connectivity index (χ0v) is 19.9. The molecule has 6 heteroatoms. The Kier molecular flexibility index (Phi) is 7.63. The fraction of sp³-hybridized carbons (Fsp3) is 0.538. The van der Waals surface area contributed by atoms with Gasteiger partial charge in [0.15, 0.2) is 0 Å². The molecule has 172 valence electrons. The number of benzene rings is 1. The molecule has 1 saturated carbocycles. The van der Waals surface area contributed by atoms with Crippen LogP contribution in [0.25, 0.3) is 0 Å². The lowest BCUT2D eigenvalue weighted by Gasteiger charge is -2.28. The molecule has 1 aromatic carbocycles. The molecule has 0 saturated heterocycles. The number of rotatable bonds is 7. The van der Waals surface area contributed by atoms with Gasteiger partial charge in [0.1, 0.15) is 11.0 Å². The van der Waals surface area contributed by atoms with Crippen molar-refractivity contribution >= 4 is 28.2 Å². The summed E-state index contributed by atoms with van der Waals surface area (Å²) in [7, 11) is 0. The predicted octanol–water partition coefficient (Wildman–Crippen LogP) is 5.65.